The van der Waals surface area contributed by atoms with Gasteiger partial charge in [0.2, 0.25) is 0 Å². The van der Waals surface area contributed by atoms with E-state index in [1.165, 1.54) is 0 Å². The Balaban J connectivity index is 2.93. The molecule has 0 radical (unpaired) electrons. The Bertz CT molecular complexity index is 483. The van der Waals surface area contributed by atoms with Gasteiger partial charge in [-0.05, 0) is 39.0 Å². The van der Waals surface area contributed by atoms with E-state index >= 15 is 0 Å². The lowest BCUT2D eigenvalue weighted by Crippen LogP contribution is -2.43. The van der Waals surface area contributed by atoms with Crippen molar-refractivity contribution in [3.8, 4) is 0 Å². The predicted molar refractivity (Wildman–Crippen MR) is 79.2 cm³/mol. The van der Waals surface area contributed by atoms with Gasteiger partial charge < -0.3 is 16.4 Å². The molecule has 1 aromatic rings. The highest BCUT2D eigenvalue weighted by Crippen LogP contribution is 2.21. The largest absolute Gasteiger partial charge is 0.389 e. The second-order valence-electron chi connectivity index (χ2n) is 4.88. The molecule has 98 valence electrons. The van der Waals surface area contributed by atoms with Crippen molar-refractivity contribution in [2.24, 2.45) is 5.73 Å². The van der Waals surface area contributed by atoms with E-state index in [0.29, 0.717) is 16.3 Å². The number of nitrogens with one attached hydrogen (secondary N) is 2. The molecule has 18 heavy (non-hydrogen) atoms. The monoisotopic (exact) mass is 285 g/mol. The minimum Gasteiger partial charge on any atom is -0.389 e. The number of carbonyl (C=O) groups excluding carboxylic acids is 1. The number of hydrogen-bond donors (Lipinski definition) is 3. The summed E-state index contributed by atoms with van der Waals surface area (Å²) in [4.78, 5) is 12.0. The van der Waals surface area contributed by atoms with E-state index in [2.05, 4.69) is 10.6 Å². The molecule has 0 aliphatic rings. The number of anilines is 1. The molecule has 0 saturated heterocycles. The molecule has 0 heterocycles. The molecule has 1 aromatic carbocycles. The van der Waals surface area contributed by atoms with Crippen LogP contribution in [0.2, 0.25) is 5.02 Å². The summed E-state index contributed by atoms with van der Waals surface area (Å²) < 4.78 is 0. The molecule has 0 bridgehead atoms. The molecule has 1 rings (SSSR count). The van der Waals surface area contributed by atoms with Crippen LogP contribution in [0.15, 0.2) is 18.2 Å². The summed E-state index contributed by atoms with van der Waals surface area (Å²) in [5, 5.41) is 5.96. The van der Waals surface area contributed by atoms with Crippen LogP contribution in [0.1, 0.15) is 26.3 Å². The number of thiocarbonyl (C=S) groups is 1. The van der Waals surface area contributed by atoms with Crippen LogP contribution in [0.3, 0.4) is 0 Å². The maximum absolute atomic E-state index is 11.8. The van der Waals surface area contributed by atoms with E-state index in [1.807, 2.05) is 20.8 Å². The van der Waals surface area contributed by atoms with Gasteiger partial charge in [-0.3, -0.25) is 0 Å². The van der Waals surface area contributed by atoms with Crippen LogP contribution in [0.25, 0.3) is 0 Å². The summed E-state index contributed by atoms with van der Waals surface area (Å²) in [5.41, 5.74) is 6.34. The third kappa shape index (κ3) is 4.50. The van der Waals surface area contributed by atoms with E-state index in [4.69, 9.17) is 29.6 Å². The molecule has 4 N–H and O–H groups in total. The van der Waals surface area contributed by atoms with Crippen LogP contribution in [0, 0.1) is 0 Å². The fourth-order valence-electron chi connectivity index (χ4n) is 1.33. The van der Waals surface area contributed by atoms with Gasteiger partial charge in [0.05, 0.1) is 5.69 Å². The number of halogens is 1. The molecule has 0 atom stereocenters. The molecule has 4 nitrogen and oxygen atoms in total. The van der Waals surface area contributed by atoms with Crippen molar-refractivity contribution in [3.05, 3.63) is 28.8 Å². The quantitative estimate of drug-likeness (QED) is 0.732. The second-order valence-corrected chi connectivity index (χ2v) is 5.76. The lowest BCUT2D eigenvalue weighted by Gasteiger charge is -2.21. The number of benzene rings is 1. The van der Waals surface area contributed by atoms with E-state index in [-0.39, 0.29) is 16.6 Å². The first-order valence-electron chi connectivity index (χ1n) is 5.37. The van der Waals surface area contributed by atoms with Crippen LogP contribution in [0.5, 0.6) is 0 Å². The first-order valence-corrected chi connectivity index (χ1v) is 6.16. The van der Waals surface area contributed by atoms with Crippen LogP contribution >= 0.6 is 23.8 Å². The molecule has 6 heteroatoms. The summed E-state index contributed by atoms with van der Waals surface area (Å²) in [6.07, 6.45) is 0. The topological polar surface area (TPSA) is 67.2 Å². The number of urea groups is 1. The highest BCUT2D eigenvalue weighted by molar-refractivity contribution is 7.80. The van der Waals surface area contributed by atoms with Crippen molar-refractivity contribution in [1.29, 1.82) is 0 Å². The third-order valence-corrected chi connectivity index (χ3v) is 2.44. The van der Waals surface area contributed by atoms with E-state index in [9.17, 15) is 4.79 Å². The Morgan fingerprint density at radius 2 is 2.00 bits per heavy atom. The van der Waals surface area contributed by atoms with Crippen LogP contribution in [-0.4, -0.2) is 16.6 Å². The maximum Gasteiger partial charge on any atom is 0.319 e. The van der Waals surface area contributed by atoms with Crippen molar-refractivity contribution < 1.29 is 4.79 Å². The number of amides is 2. The Morgan fingerprint density at radius 3 is 2.50 bits per heavy atom. The van der Waals surface area contributed by atoms with E-state index in [0.717, 1.165) is 0 Å². The molecule has 0 unspecified atom stereocenters. The minimum absolute atomic E-state index is 0.206. The fraction of sp³-hybridized carbons (Fsp3) is 0.333. The number of rotatable bonds is 2. The van der Waals surface area contributed by atoms with Gasteiger partial charge in [0.1, 0.15) is 4.99 Å². The zero-order chi connectivity index (χ0) is 13.9. The summed E-state index contributed by atoms with van der Waals surface area (Å²) in [6.45, 7) is 5.66. The highest BCUT2D eigenvalue weighted by atomic mass is 35.5. The van der Waals surface area contributed by atoms with E-state index in [1.54, 1.807) is 18.2 Å². The van der Waals surface area contributed by atoms with Crippen molar-refractivity contribution in [1.82, 2.24) is 5.32 Å². The van der Waals surface area contributed by atoms with Gasteiger partial charge in [0.15, 0.2) is 0 Å². The van der Waals surface area contributed by atoms with E-state index < -0.39 is 0 Å². The van der Waals surface area contributed by atoms with Gasteiger partial charge in [0, 0.05) is 16.1 Å². The smallest absolute Gasteiger partial charge is 0.319 e. The Morgan fingerprint density at radius 1 is 1.39 bits per heavy atom. The molecule has 2 amide bonds. The molecular formula is C12H16ClN3OS. The average Bonchev–Trinajstić information content (AvgIpc) is 2.13. The minimum atomic E-state index is -0.331. The van der Waals surface area contributed by atoms with Gasteiger partial charge in [-0.2, -0.15) is 0 Å². The molecule has 0 aliphatic carbocycles. The molecule has 0 fully saturated rings. The summed E-state index contributed by atoms with van der Waals surface area (Å²) in [7, 11) is 0. The van der Waals surface area contributed by atoms with Gasteiger partial charge in [0.25, 0.3) is 0 Å². The van der Waals surface area contributed by atoms with Crippen molar-refractivity contribution >= 4 is 40.5 Å². The van der Waals surface area contributed by atoms with Gasteiger partial charge in [-0.15, -0.1) is 0 Å². The zero-order valence-electron chi connectivity index (χ0n) is 10.5. The fourth-order valence-corrected chi connectivity index (χ4v) is 1.68. The molecule has 0 saturated carbocycles. The highest BCUT2D eigenvalue weighted by Gasteiger charge is 2.15. The zero-order valence-corrected chi connectivity index (χ0v) is 12.1. The van der Waals surface area contributed by atoms with Crippen LogP contribution in [0.4, 0.5) is 10.5 Å². The Kier molecular flexibility index (Phi) is 4.53. The average molecular weight is 286 g/mol. The molecule has 0 aromatic heterocycles. The second kappa shape index (κ2) is 5.54. The normalized spacial score (nSPS) is 10.9. The van der Waals surface area contributed by atoms with Gasteiger partial charge in [-0.25, -0.2) is 4.79 Å². The first kappa shape index (κ1) is 14.7. The van der Waals surface area contributed by atoms with Crippen molar-refractivity contribution in [2.75, 3.05) is 5.32 Å². The summed E-state index contributed by atoms with van der Waals surface area (Å²) in [5.74, 6) is 0. The van der Waals surface area contributed by atoms with Gasteiger partial charge >= 0.3 is 6.03 Å². The lowest BCUT2D eigenvalue weighted by molar-refractivity contribution is 0.244. The summed E-state index contributed by atoms with van der Waals surface area (Å²) >= 11 is 10.8. The number of carbonyl (C=O) groups is 1. The lowest BCUT2D eigenvalue weighted by atomic mass is 10.1. The standard InChI is InChI=1S/C12H16ClN3OS/c1-12(2,3)16-11(17)15-9-6-7(13)4-5-8(9)10(14)18/h4-6H,1-3H3,(H2,14,18)(H2,15,16,17). The van der Waals surface area contributed by atoms with Crippen molar-refractivity contribution in [3.63, 3.8) is 0 Å². The van der Waals surface area contributed by atoms with Crippen LogP contribution in [-0.2, 0) is 0 Å². The first-order chi connectivity index (χ1) is 8.19. The van der Waals surface area contributed by atoms with Gasteiger partial charge in [-0.1, -0.05) is 23.8 Å². The maximum atomic E-state index is 11.8. The Hall–Kier alpha value is -1.33. The SMILES string of the molecule is CC(C)(C)NC(=O)Nc1cc(Cl)ccc1C(N)=S. The van der Waals surface area contributed by atoms with Crippen molar-refractivity contribution in [2.45, 2.75) is 26.3 Å². The Labute approximate surface area is 117 Å². The van der Waals surface area contributed by atoms with Crippen LogP contribution < -0.4 is 16.4 Å². The summed E-state index contributed by atoms with van der Waals surface area (Å²) in [6, 6.07) is 4.63. The number of nitrogens with two attached hydrogens (primary N) is 1. The predicted octanol–water partition coefficient (Wildman–Crippen LogP) is 2.89. The third-order valence-electron chi connectivity index (χ3n) is 1.98. The molecular weight excluding hydrogens is 270 g/mol. The molecule has 0 aliphatic heterocycles. The molecule has 0 spiro atoms. The number of hydrogen-bond acceptors (Lipinski definition) is 2.